The van der Waals surface area contributed by atoms with Crippen LogP contribution in [0.25, 0.3) is 0 Å². The minimum absolute atomic E-state index is 0.0754. The Hall–Kier alpha value is -0.910. The van der Waals surface area contributed by atoms with Gasteiger partial charge < -0.3 is 10.1 Å². The van der Waals surface area contributed by atoms with E-state index in [1.165, 1.54) is 0 Å². The van der Waals surface area contributed by atoms with Crippen LogP contribution in [0.1, 0.15) is 37.0 Å². The first-order valence-electron chi connectivity index (χ1n) is 6.91. The van der Waals surface area contributed by atoms with Crippen molar-refractivity contribution in [3.05, 3.63) is 44.3 Å². The lowest BCUT2D eigenvalue weighted by atomic mass is 10.1. The molecule has 0 spiro atoms. The lowest BCUT2D eigenvalue weighted by molar-refractivity contribution is 0.297. The smallest absolute Gasteiger partial charge is 0.140 e. The first-order valence-corrected chi connectivity index (χ1v) is 8.58. The molecule has 114 valence electrons. The van der Waals surface area contributed by atoms with E-state index in [0.717, 1.165) is 33.0 Å². The number of aromatic nitrogens is 1. The van der Waals surface area contributed by atoms with Crippen molar-refractivity contribution < 1.29 is 4.74 Å². The van der Waals surface area contributed by atoms with Gasteiger partial charge in [-0.1, -0.05) is 12.1 Å². The summed E-state index contributed by atoms with van der Waals surface area (Å²) in [5, 5.41) is 6.53. The number of hydrogen-bond donors (Lipinski definition) is 1. The van der Waals surface area contributed by atoms with Crippen molar-refractivity contribution in [3.8, 4) is 5.75 Å². The van der Waals surface area contributed by atoms with Crippen molar-refractivity contribution in [1.82, 2.24) is 10.3 Å². The summed E-state index contributed by atoms with van der Waals surface area (Å²) in [5.74, 6) is 0.891. The molecule has 0 aliphatic carbocycles. The summed E-state index contributed by atoms with van der Waals surface area (Å²) in [4.78, 5) is 4.43. The standard InChI is InChI=1S/C16H21BrN2OS/c1-11-10-21-14(19-11)9-20-15-12(6-5-7-13(15)17)8-18-16(2,3)4/h5-7,10,18H,8-9H2,1-4H3. The van der Waals surface area contributed by atoms with Crippen LogP contribution in [0.2, 0.25) is 0 Å². The summed E-state index contributed by atoms with van der Waals surface area (Å²) in [6.07, 6.45) is 0. The molecule has 1 heterocycles. The molecule has 0 atom stereocenters. The van der Waals surface area contributed by atoms with Crippen molar-refractivity contribution in [2.24, 2.45) is 0 Å². The molecule has 2 aromatic rings. The highest BCUT2D eigenvalue weighted by Gasteiger charge is 2.13. The van der Waals surface area contributed by atoms with E-state index in [1.807, 2.05) is 24.4 Å². The fourth-order valence-electron chi connectivity index (χ4n) is 1.82. The molecule has 0 aliphatic rings. The Morgan fingerprint density at radius 3 is 2.71 bits per heavy atom. The minimum atomic E-state index is 0.0754. The van der Waals surface area contributed by atoms with Gasteiger partial charge in [-0.2, -0.15) is 0 Å². The monoisotopic (exact) mass is 368 g/mol. The highest BCUT2D eigenvalue weighted by Crippen LogP contribution is 2.30. The van der Waals surface area contributed by atoms with E-state index >= 15 is 0 Å². The van der Waals surface area contributed by atoms with Crippen molar-refractivity contribution in [2.45, 2.75) is 46.4 Å². The minimum Gasteiger partial charge on any atom is -0.485 e. The van der Waals surface area contributed by atoms with Crippen LogP contribution in [-0.2, 0) is 13.2 Å². The van der Waals surface area contributed by atoms with Gasteiger partial charge in [-0.3, -0.25) is 0 Å². The molecular weight excluding hydrogens is 348 g/mol. The number of nitrogens with zero attached hydrogens (tertiary/aromatic N) is 1. The summed E-state index contributed by atoms with van der Waals surface area (Å²) in [5.41, 5.74) is 2.26. The molecular formula is C16H21BrN2OS. The van der Waals surface area contributed by atoms with Gasteiger partial charge in [-0.05, 0) is 49.7 Å². The molecule has 0 saturated heterocycles. The van der Waals surface area contributed by atoms with Crippen LogP contribution in [0.4, 0.5) is 0 Å². The lowest BCUT2D eigenvalue weighted by Gasteiger charge is -2.22. The van der Waals surface area contributed by atoms with E-state index in [0.29, 0.717) is 6.61 Å². The third-order valence-corrected chi connectivity index (χ3v) is 4.43. The van der Waals surface area contributed by atoms with Gasteiger partial charge in [0, 0.05) is 28.7 Å². The number of thiazole rings is 1. The Balaban J connectivity index is 2.10. The first kappa shape index (κ1) is 16.5. The van der Waals surface area contributed by atoms with Crippen molar-refractivity contribution in [2.75, 3.05) is 0 Å². The van der Waals surface area contributed by atoms with Gasteiger partial charge >= 0.3 is 0 Å². The topological polar surface area (TPSA) is 34.1 Å². The molecule has 5 heteroatoms. The summed E-state index contributed by atoms with van der Waals surface area (Å²) in [6.45, 7) is 9.74. The van der Waals surface area contributed by atoms with Crippen LogP contribution in [0, 0.1) is 6.92 Å². The van der Waals surface area contributed by atoms with Crippen LogP contribution in [-0.4, -0.2) is 10.5 Å². The first-order chi connectivity index (χ1) is 9.85. The van der Waals surface area contributed by atoms with Gasteiger partial charge in [0.15, 0.2) is 0 Å². The molecule has 2 rings (SSSR count). The normalized spacial score (nSPS) is 11.7. The van der Waals surface area contributed by atoms with Crippen molar-refractivity contribution in [1.29, 1.82) is 0 Å². The number of aryl methyl sites for hydroxylation is 1. The molecule has 0 fully saturated rings. The Bertz CT molecular complexity index is 605. The predicted molar refractivity (Wildman–Crippen MR) is 91.9 cm³/mol. The summed E-state index contributed by atoms with van der Waals surface area (Å²) in [7, 11) is 0. The van der Waals surface area contributed by atoms with E-state index in [1.54, 1.807) is 11.3 Å². The predicted octanol–water partition coefficient (Wildman–Crippen LogP) is 4.68. The molecule has 0 unspecified atom stereocenters. The highest BCUT2D eigenvalue weighted by molar-refractivity contribution is 9.10. The van der Waals surface area contributed by atoms with Gasteiger partial charge in [0.05, 0.1) is 4.47 Å². The number of para-hydroxylation sites is 1. The Kier molecular flexibility index (Phi) is 5.41. The van der Waals surface area contributed by atoms with Gasteiger partial charge in [-0.15, -0.1) is 11.3 Å². The Labute approximate surface area is 138 Å². The molecule has 1 aromatic carbocycles. The molecule has 0 amide bonds. The maximum atomic E-state index is 5.99. The largest absolute Gasteiger partial charge is 0.485 e. The maximum absolute atomic E-state index is 5.99. The number of hydrogen-bond acceptors (Lipinski definition) is 4. The summed E-state index contributed by atoms with van der Waals surface area (Å²) >= 11 is 5.21. The van der Waals surface area contributed by atoms with E-state index in [2.05, 4.69) is 53.1 Å². The average molecular weight is 369 g/mol. The van der Waals surface area contributed by atoms with Gasteiger partial charge in [0.25, 0.3) is 0 Å². The van der Waals surface area contributed by atoms with Crippen LogP contribution in [0.15, 0.2) is 28.1 Å². The third kappa shape index (κ3) is 5.09. The van der Waals surface area contributed by atoms with E-state index in [-0.39, 0.29) is 5.54 Å². The molecule has 0 saturated carbocycles. The third-order valence-electron chi connectivity index (χ3n) is 2.86. The average Bonchev–Trinajstić information content (AvgIpc) is 2.80. The fraction of sp³-hybridized carbons (Fsp3) is 0.438. The number of ether oxygens (including phenoxy) is 1. The molecule has 0 bridgehead atoms. The second kappa shape index (κ2) is 6.90. The molecule has 0 aliphatic heterocycles. The van der Waals surface area contributed by atoms with Crippen molar-refractivity contribution in [3.63, 3.8) is 0 Å². The molecule has 21 heavy (non-hydrogen) atoms. The maximum Gasteiger partial charge on any atom is 0.140 e. The summed E-state index contributed by atoms with van der Waals surface area (Å²) < 4.78 is 6.97. The van der Waals surface area contributed by atoms with Crippen molar-refractivity contribution >= 4 is 27.3 Å². The molecule has 3 nitrogen and oxygen atoms in total. The second-order valence-electron chi connectivity index (χ2n) is 6.00. The number of rotatable bonds is 5. The SMILES string of the molecule is Cc1csc(COc2c(Br)cccc2CNC(C)(C)C)n1. The summed E-state index contributed by atoms with van der Waals surface area (Å²) in [6, 6.07) is 6.12. The second-order valence-corrected chi connectivity index (χ2v) is 7.80. The van der Waals surface area contributed by atoms with Crippen LogP contribution in [0.5, 0.6) is 5.75 Å². The highest BCUT2D eigenvalue weighted by atomic mass is 79.9. The van der Waals surface area contributed by atoms with Crippen LogP contribution in [0.3, 0.4) is 0 Å². The fourth-order valence-corrected chi connectivity index (χ4v) is 3.02. The number of benzene rings is 1. The van der Waals surface area contributed by atoms with E-state index in [4.69, 9.17) is 4.74 Å². The van der Waals surface area contributed by atoms with Gasteiger partial charge in [-0.25, -0.2) is 4.98 Å². The van der Waals surface area contributed by atoms with Gasteiger partial charge in [0.1, 0.15) is 17.4 Å². The zero-order valence-corrected chi connectivity index (χ0v) is 15.3. The Morgan fingerprint density at radius 2 is 2.10 bits per heavy atom. The quantitative estimate of drug-likeness (QED) is 0.831. The Morgan fingerprint density at radius 1 is 1.33 bits per heavy atom. The van der Waals surface area contributed by atoms with Gasteiger partial charge in [0.2, 0.25) is 0 Å². The molecule has 1 N–H and O–H groups in total. The number of halogens is 1. The molecule has 1 aromatic heterocycles. The number of nitrogens with one attached hydrogen (secondary N) is 1. The van der Waals surface area contributed by atoms with E-state index < -0.39 is 0 Å². The lowest BCUT2D eigenvalue weighted by Crippen LogP contribution is -2.35. The zero-order valence-electron chi connectivity index (χ0n) is 12.9. The van der Waals surface area contributed by atoms with Crippen LogP contribution >= 0.6 is 27.3 Å². The van der Waals surface area contributed by atoms with Crippen LogP contribution < -0.4 is 10.1 Å². The van der Waals surface area contributed by atoms with E-state index in [9.17, 15) is 0 Å². The molecule has 0 radical (unpaired) electrons. The zero-order chi connectivity index (χ0) is 15.5.